The molecule has 126 valence electrons. The number of morpholine rings is 1. The van der Waals surface area contributed by atoms with Crippen LogP contribution in [0.1, 0.15) is 35.6 Å². The molecule has 2 aromatic rings. The molecule has 5 heteroatoms. The molecule has 0 amide bonds. The zero-order valence-electron chi connectivity index (χ0n) is 13.9. The van der Waals surface area contributed by atoms with Crippen LogP contribution in [0.15, 0.2) is 36.7 Å². The first-order valence-corrected chi connectivity index (χ1v) is 8.85. The molecule has 1 aliphatic heterocycles. The Hall–Kier alpha value is -1.98. The van der Waals surface area contributed by atoms with Crippen molar-refractivity contribution in [3.8, 4) is 0 Å². The number of fused-ring (bicyclic) bond motifs is 1. The van der Waals surface area contributed by atoms with Crippen molar-refractivity contribution in [1.82, 2.24) is 15.3 Å². The molecule has 1 aliphatic carbocycles. The van der Waals surface area contributed by atoms with E-state index in [0.29, 0.717) is 6.04 Å². The van der Waals surface area contributed by atoms with E-state index >= 15 is 0 Å². The highest BCUT2D eigenvalue weighted by atomic mass is 16.5. The summed E-state index contributed by atoms with van der Waals surface area (Å²) in [6, 6.07) is 9.22. The maximum absolute atomic E-state index is 5.37. The Morgan fingerprint density at radius 1 is 1.12 bits per heavy atom. The highest BCUT2D eigenvalue weighted by Crippen LogP contribution is 2.29. The largest absolute Gasteiger partial charge is 0.378 e. The van der Waals surface area contributed by atoms with Crippen molar-refractivity contribution in [3.05, 3.63) is 53.3 Å². The topological polar surface area (TPSA) is 50.3 Å². The van der Waals surface area contributed by atoms with Gasteiger partial charge >= 0.3 is 0 Å². The lowest BCUT2D eigenvalue weighted by atomic mass is 9.88. The zero-order valence-corrected chi connectivity index (χ0v) is 13.9. The molecule has 0 bridgehead atoms. The first-order chi connectivity index (χ1) is 11.9. The van der Waals surface area contributed by atoms with Gasteiger partial charge in [-0.2, -0.15) is 0 Å². The number of hydrogen-bond donors (Lipinski definition) is 1. The minimum absolute atomic E-state index is 0.439. The number of ether oxygens (including phenoxy) is 1. The molecule has 1 fully saturated rings. The predicted octanol–water partition coefficient (Wildman–Crippen LogP) is 2.48. The van der Waals surface area contributed by atoms with Crippen molar-refractivity contribution < 1.29 is 4.74 Å². The molecule has 4 rings (SSSR count). The third kappa shape index (κ3) is 3.42. The van der Waals surface area contributed by atoms with E-state index in [0.717, 1.165) is 44.4 Å². The summed E-state index contributed by atoms with van der Waals surface area (Å²) in [5.74, 6) is 0.810. The number of aromatic nitrogens is 2. The molecule has 0 saturated carbocycles. The van der Waals surface area contributed by atoms with Crippen LogP contribution in [0.25, 0.3) is 0 Å². The minimum atomic E-state index is 0.439. The average molecular weight is 324 g/mol. The second kappa shape index (κ2) is 7.28. The summed E-state index contributed by atoms with van der Waals surface area (Å²) >= 11 is 0. The van der Waals surface area contributed by atoms with Crippen molar-refractivity contribution >= 4 is 5.95 Å². The Kier molecular flexibility index (Phi) is 4.71. The van der Waals surface area contributed by atoms with Crippen LogP contribution in [0.3, 0.4) is 0 Å². The van der Waals surface area contributed by atoms with Gasteiger partial charge in [-0.15, -0.1) is 0 Å². The van der Waals surface area contributed by atoms with Gasteiger partial charge in [0.1, 0.15) is 0 Å². The summed E-state index contributed by atoms with van der Waals surface area (Å²) in [5.41, 5.74) is 4.07. The van der Waals surface area contributed by atoms with Gasteiger partial charge < -0.3 is 15.0 Å². The molecular weight excluding hydrogens is 300 g/mol. The molecule has 0 spiro atoms. The summed E-state index contributed by atoms with van der Waals surface area (Å²) in [6.07, 6.45) is 7.54. The number of anilines is 1. The van der Waals surface area contributed by atoms with E-state index < -0.39 is 0 Å². The van der Waals surface area contributed by atoms with E-state index in [1.807, 2.05) is 12.4 Å². The maximum atomic E-state index is 5.37. The third-order valence-corrected chi connectivity index (χ3v) is 4.91. The van der Waals surface area contributed by atoms with E-state index in [4.69, 9.17) is 4.74 Å². The van der Waals surface area contributed by atoms with Crippen LogP contribution in [-0.2, 0) is 17.7 Å². The zero-order chi connectivity index (χ0) is 16.2. The molecule has 1 aromatic heterocycles. The molecule has 2 aliphatic rings. The van der Waals surface area contributed by atoms with Crippen LogP contribution in [0.4, 0.5) is 5.95 Å². The smallest absolute Gasteiger partial charge is 0.225 e. The Labute approximate surface area is 143 Å². The van der Waals surface area contributed by atoms with E-state index in [9.17, 15) is 0 Å². The SMILES string of the molecule is c1ccc2c(c1)CCC[C@@H]2NCc1cnc(N2CCOCC2)nc1. The molecule has 5 nitrogen and oxygen atoms in total. The highest BCUT2D eigenvalue weighted by Gasteiger charge is 2.19. The Balaban J connectivity index is 1.38. The van der Waals surface area contributed by atoms with Crippen molar-refractivity contribution in [2.45, 2.75) is 31.8 Å². The second-order valence-corrected chi connectivity index (χ2v) is 6.52. The summed E-state index contributed by atoms with van der Waals surface area (Å²) in [5, 5.41) is 3.68. The van der Waals surface area contributed by atoms with Gasteiger partial charge in [0, 0.05) is 43.6 Å². The number of nitrogens with one attached hydrogen (secondary N) is 1. The maximum Gasteiger partial charge on any atom is 0.225 e. The van der Waals surface area contributed by atoms with Crippen molar-refractivity contribution in [2.75, 3.05) is 31.2 Å². The highest BCUT2D eigenvalue weighted by molar-refractivity contribution is 5.33. The normalized spacial score (nSPS) is 20.7. The molecule has 2 heterocycles. The summed E-state index contributed by atoms with van der Waals surface area (Å²) in [7, 11) is 0. The van der Waals surface area contributed by atoms with Gasteiger partial charge in [-0.1, -0.05) is 24.3 Å². The van der Waals surface area contributed by atoms with Crippen LogP contribution in [0, 0.1) is 0 Å². The summed E-state index contributed by atoms with van der Waals surface area (Å²) in [4.78, 5) is 11.2. The fourth-order valence-electron chi connectivity index (χ4n) is 3.57. The molecule has 1 aromatic carbocycles. The standard InChI is InChI=1S/C19H24N4O/c1-2-6-17-16(4-1)5-3-7-18(17)20-12-15-13-21-19(22-14-15)23-8-10-24-11-9-23/h1-2,4,6,13-14,18,20H,3,5,7-12H2/t18-/m0/s1. The summed E-state index contributed by atoms with van der Waals surface area (Å²) in [6.45, 7) is 4.07. The number of aryl methyl sites for hydroxylation is 1. The van der Waals surface area contributed by atoms with Crippen LogP contribution < -0.4 is 10.2 Å². The van der Waals surface area contributed by atoms with Gasteiger partial charge in [0.2, 0.25) is 5.95 Å². The lowest BCUT2D eigenvalue weighted by molar-refractivity contribution is 0.122. The number of hydrogen-bond acceptors (Lipinski definition) is 5. The van der Waals surface area contributed by atoms with Crippen molar-refractivity contribution in [1.29, 1.82) is 0 Å². The molecule has 1 N–H and O–H groups in total. The van der Waals surface area contributed by atoms with Gasteiger partial charge in [-0.3, -0.25) is 0 Å². The number of rotatable bonds is 4. The van der Waals surface area contributed by atoms with E-state index in [2.05, 4.69) is 44.5 Å². The number of benzene rings is 1. The van der Waals surface area contributed by atoms with Crippen LogP contribution >= 0.6 is 0 Å². The minimum Gasteiger partial charge on any atom is -0.378 e. The fourth-order valence-corrected chi connectivity index (χ4v) is 3.57. The third-order valence-electron chi connectivity index (χ3n) is 4.91. The van der Waals surface area contributed by atoms with Gasteiger partial charge in [-0.25, -0.2) is 9.97 Å². The van der Waals surface area contributed by atoms with Crippen molar-refractivity contribution in [2.24, 2.45) is 0 Å². The molecule has 0 radical (unpaired) electrons. The van der Waals surface area contributed by atoms with Crippen LogP contribution in [-0.4, -0.2) is 36.3 Å². The van der Waals surface area contributed by atoms with E-state index in [-0.39, 0.29) is 0 Å². The Bertz CT molecular complexity index is 667. The second-order valence-electron chi connectivity index (χ2n) is 6.52. The van der Waals surface area contributed by atoms with Gasteiger partial charge in [0.15, 0.2) is 0 Å². The van der Waals surface area contributed by atoms with Crippen LogP contribution in [0.5, 0.6) is 0 Å². The lowest BCUT2D eigenvalue weighted by Gasteiger charge is -2.27. The predicted molar refractivity (Wildman–Crippen MR) is 94.0 cm³/mol. The Morgan fingerprint density at radius 3 is 2.75 bits per heavy atom. The monoisotopic (exact) mass is 324 g/mol. The molecule has 0 unspecified atom stereocenters. The quantitative estimate of drug-likeness (QED) is 0.936. The number of nitrogens with zero attached hydrogens (tertiary/aromatic N) is 3. The van der Waals surface area contributed by atoms with Gasteiger partial charge in [0.25, 0.3) is 0 Å². The average Bonchev–Trinajstić information content (AvgIpc) is 2.67. The summed E-state index contributed by atoms with van der Waals surface area (Å²) < 4.78 is 5.37. The molecule has 1 atom stereocenters. The van der Waals surface area contributed by atoms with Crippen molar-refractivity contribution in [3.63, 3.8) is 0 Å². The molecular formula is C19H24N4O. The molecule has 1 saturated heterocycles. The first-order valence-electron chi connectivity index (χ1n) is 8.85. The first kappa shape index (κ1) is 15.5. The molecule has 24 heavy (non-hydrogen) atoms. The van der Waals surface area contributed by atoms with E-state index in [1.165, 1.54) is 30.4 Å². The fraction of sp³-hybridized carbons (Fsp3) is 0.474. The Morgan fingerprint density at radius 2 is 1.92 bits per heavy atom. The van der Waals surface area contributed by atoms with Gasteiger partial charge in [0.05, 0.1) is 13.2 Å². The lowest BCUT2D eigenvalue weighted by Crippen LogP contribution is -2.37. The van der Waals surface area contributed by atoms with Crippen LogP contribution in [0.2, 0.25) is 0 Å². The van der Waals surface area contributed by atoms with Gasteiger partial charge in [-0.05, 0) is 30.4 Å². The van der Waals surface area contributed by atoms with E-state index in [1.54, 1.807) is 0 Å².